The average molecular weight is 280 g/mol. The molecule has 1 aliphatic rings. The number of aromatic nitrogens is 1. The Hall–Kier alpha value is -0.580. The van der Waals surface area contributed by atoms with Gasteiger partial charge in [-0.05, 0) is 31.0 Å². The van der Waals surface area contributed by atoms with Gasteiger partial charge in [0.2, 0.25) is 0 Å². The van der Waals surface area contributed by atoms with Gasteiger partial charge in [-0.25, -0.2) is 4.98 Å². The number of pyridine rings is 1. The Morgan fingerprint density at radius 2 is 2.26 bits per heavy atom. The Morgan fingerprint density at radius 1 is 1.47 bits per heavy atom. The number of nitrogens with one attached hydrogen (secondary N) is 1. The van der Waals surface area contributed by atoms with Crippen LogP contribution in [0.5, 0.6) is 0 Å². The van der Waals surface area contributed by atoms with Crippen LogP contribution in [0.25, 0.3) is 0 Å². The van der Waals surface area contributed by atoms with Crippen LogP contribution in [0.2, 0.25) is 0 Å². The maximum atomic E-state index is 5.56. The summed E-state index contributed by atoms with van der Waals surface area (Å²) < 4.78 is 5.77. The lowest BCUT2D eigenvalue weighted by Crippen LogP contribution is -2.34. The second-order valence-corrected chi connectivity index (χ2v) is 7.92. The first-order valence-corrected chi connectivity index (χ1v) is 7.75. The molecule has 1 aromatic rings. The topological polar surface area (TPSA) is 34.1 Å². The van der Waals surface area contributed by atoms with Gasteiger partial charge >= 0.3 is 0 Å². The molecular weight excluding hydrogens is 256 g/mol. The fraction of sp³-hybridized carbons (Fsp3) is 0.667. The molecule has 0 saturated carbocycles. The van der Waals surface area contributed by atoms with Crippen LogP contribution < -0.4 is 5.32 Å². The van der Waals surface area contributed by atoms with Crippen molar-refractivity contribution in [1.82, 2.24) is 10.3 Å². The Bertz CT molecular complexity index is 417. The van der Waals surface area contributed by atoms with Crippen LogP contribution in [-0.4, -0.2) is 28.5 Å². The number of hydrogen-bond acceptors (Lipinski definition) is 4. The summed E-state index contributed by atoms with van der Waals surface area (Å²) in [5.41, 5.74) is 1.29. The second-order valence-electron chi connectivity index (χ2n) is 6.07. The van der Waals surface area contributed by atoms with Crippen LogP contribution in [-0.2, 0) is 11.3 Å². The van der Waals surface area contributed by atoms with Gasteiger partial charge in [-0.1, -0.05) is 20.8 Å². The first-order chi connectivity index (χ1) is 8.94. The lowest BCUT2D eigenvalue weighted by Gasteiger charge is -2.18. The maximum Gasteiger partial charge on any atom is 0.0968 e. The van der Waals surface area contributed by atoms with Crippen molar-refractivity contribution < 1.29 is 4.74 Å². The molecule has 2 rings (SSSR count). The van der Waals surface area contributed by atoms with E-state index >= 15 is 0 Å². The number of hydrogen-bond donors (Lipinski definition) is 1. The molecule has 0 amide bonds. The van der Waals surface area contributed by atoms with Gasteiger partial charge < -0.3 is 10.1 Å². The Labute approximate surface area is 120 Å². The minimum absolute atomic E-state index is 0.201. The normalized spacial score (nSPS) is 23.8. The van der Waals surface area contributed by atoms with Crippen LogP contribution in [0.15, 0.2) is 23.4 Å². The molecule has 1 N–H and O–H groups in total. The van der Waals surface area contributed by atoms with Crippen molar-refractivity contribution in [2.24, 2.45) is 0 Å². The van der Waals surface area contributed by atoms with E-state index in [9.17, 15) is 0 Å². The van der Waals surface area contributed by atoms with Gasteiger partial charge in [-0.3, -0.25) is 0 Å². The highest BCUT2D eigenvalue weighted by Gasteiger charge is 2.23. The molecule has 2 heterocycles. The van der Waals surface area contributed by atoms with E-state index in [0.717, 1.165) is 24.6 Å². The first-order valence-electron chi connectivity index (χ1n) is 6.93. The maximum absolute atomic E-state index is 5.56. The van der Waals surface area contributed by atoms with Crippen molar-refractivity contribution in [1.29, 1.82) is 0 Å². The zero-order chi connectivity index (χ0) is 13.9. The Balaban J connectivity index is 1.91. The first kappa shape index (κ1) is 14.8. The van der Waals surface area contributed by atoms with Crippen molar-refractivity contribution in [2.45, 2.75) is 62.6 Å². The van der Waals surface area contributed by atoms with E-state index in [1.54, 1.807) is 0 Å². The van der Waals surface area contributed by atoms with Crippen molar-refractivity contribution in [3.8, 4) is 0 Å². The van der Waals surface area contributed by atoms with Crippen molar-refractivity contribution in [3.05, 3.63) is 23.9 Å². The van der Waals surface area contributed by atoms with Crippen molar-refractivity contribution in [3.63, 3.8) is 0 Å². The number of ether oxygens (including phenoxy) is 1. The van der Waals surface area contributed by atoms with Gasteiger partial charge in [0.25, 0.3) is 0 Å². The average Bonchev–Trinajstić information content (AvgIpc) is 2.70. The molecule has 1 aromatic heterocycles. The van der Waals surface area contributed by atoms with E-state index < -0.39 is 0 Å². The van der Waals surface area contributed by atoms with Crippen molar-refractivity contribution >= 4 is 11.8 Å². The van der Waals surface area contributed by atoms with E-state index in [1.807, 2.05) is 18.0 Å². The molecule has 0 bridgehead atoms. The quantitative estimate of drug-likeness (QED) is 0.859. The third-order valence-electron chi connectivity index (χ3n) is 3.15. The Kier molecular flexibility index (Phi) is 4.87. The third-order valence-corrected chi connectivity index (χ3v) is 4.20. The molecule has 2 atom stereocenters. The minimum Gasteiger partial charge on any atom is -0.377 e. The molecule has 4 heteroatoms. The van der Waals surface area contributed by atoms with E-state index in [4.69, 9.17) is 4.74 Å². The van der Waals surface area contributed by atoms with Crippen LogP contribution in [0.1, 0.15) is 39.7 Å². The lowest BCUT2D eigenvalue weighted by atomic mass is 10.1. The zero-order valence-electron chi connectivity index (χ0n) is 12.3. The van der Waals surface area contributed by atoms with Crippen LogP contribution in [0, 0.1) is 0 Å². The van der Waals surface area contributed by atoms with E-state index in [1.165, 1.54) is 5.56 Å². The molecule has 1 aliphatic heterocycles. The highest BCUT2D eigenvalue weighted by atomic mass is 32.2. The highest BCUT2D eigenvalue weighted by molar-refractivity contribution is 8.00. The molecule has 0 aliphatic carbocycles. The van der Waals surface area contributed by atoms with E-state index in [0.29, 0.717) is 12.1 Å². The molecule has 1 saturated heterocycles. The molecule has 0 aromatic carbocycles. The molecule has 106 valence electrons. The molecule has 0 spiro atoms. The van der Waals surface area contributed by atoms with Gasteiger partial charge in [0.05, 0.1) is 11.1 Å². The number of nitrogens with zero attached hydrogens (tertiary/aromatic N) is 1. The van der Waals surface area contributed by atoms with Gasteiger partial charge in [0, 0.05) is 30.1 Å². The third kappa shape index (κ3) is 4.79. The summed E-state index contributed by atoms with van der Waals surface area (Å²) in [7, 11) is 0. The van der Waals surface area contributed by atoms with Gasteiger partial charge in [0.1, 0.15) is 0 Å². The van der Waals surface area contributed by atoms with Crippen LogP contribution in [0.4, 0.5) is 0 Å². The van der Waals surface area contributed by atoms with Crippen LogP contribution in [0.3, 0.4) is 0 Å². The predicted molar refractivity (Wildman–Crippen MR) is 80.5 cm³/mol. The summed E-state index contributed by atoms with van der Waals surface area (Å²) in [6.45, 7) is 10.5. The highest BCUT2D eigenvalue weighted by Crippen LogP contribution is 2.30. The SMILES string of the molecule is C[C@@H]1OCC[C@H]1NCc1ccnc(SC(C)(C)C)c1. The Morgan fingerprint density at radius 3 is 2.89 bits per heavy atom. The van der Waals surface area contributed by atoms with Gasteiger partial charge in [-0.2, -0.15) is 0 Å². The molecule has 0 radical (unpaired) electrons. The van der Waals surface area contributed by atoms with Crippen molar-refractivity contribution in [2.75, 3.05) is 6.61 Å². The minimum atomic E-state index is 0.201. The molecule has 19 heavy (non-hydrogen) atoms. The summed E-state index contributed by atoms with van der Waals surface area (Å²) in [6.07, 6.45) is 3.33. The molecular formula is C15H24N2OS. The fourth-order valence-electron chi connectivity index (χ4n) is 2.18. The van der Waals surface area contributed by atoms with E-state index in [-0.39, 0.29) is 4.75 Å². The zero-order valence-corrected chi connectivity index (χ0v) is 13.1. The summed E-state index contributed by atoms with van der Waals surface area (Å²) >= 11 is 1.81. The molecule has 3 nitrogen and oxygen atoms in total. The molecule has 1 fully saturated rings. The van der Waals surface area contributed by atoms with Gasteiger partial charge in [0.15, 0.2) is 0 Å². The summed E-state index contributed by atoms with van der Waals surface area (Å²) in [5, 5.41) is 4.68. The fourth-order valence-corrected chi connectivity index (χ4v) is 3.13. The second kappa shape index (κ2) is 6.25. The standard InChI is InChI=1S/C15H24N2OS/c1-11-13(6-8-18-11)17-10-12-5-7-16-14(9-12)19-15(2,3)4/h5,7,9,11,13,17H,6,8,10H2,1-4H3/t11-,13+/m0/s1. The summed E-state index contributed by atoms with van der Waals surface area (Å²) in [4.78, 5) is 4.43. The van der Waals surface area contributed by atoms with E-state index in [2.05, 4.69) is 50.1 Å². The smallest absolute Gasteiger partial charge is 0.0968 e. The van der Waals surface area contributed by atoms with Crippen LogP contribution >= 0.6 is 11.8 Å². The lowest BCUT2D eigenvalue weighted by molar-refractivity contribution is 0.113. The van der Waals surface area contributed by atoms with Gasteiger partial charge in [-0.15, -0.1) is 11.8 Å². The monoisotopic (exact) mass is 280 g/mol. The predicted octanol–water partition coefficient (Wildman–Crippen LogP) is 3.24. The summed E-state index contributed by atoms with van der Waals surface area (Å²) in [5.74, 6) is 0. The molecule has 0 unspecified atom stereocenters. The largest absolute Gasteiger partial charge is 0.377 e. The summed E-state index contributed by atoms with van der Waals surface area (Å²) in [6, 6.07) is 4.75. The number of rotatable bonds is 4. The number of thioether (sulfide) groups is 1.